The molecule has 10 heteroatoms. The molecule has 176 valence electrons. The predicted octanol–water partition coefficient (Wildman–Crippen LogP) is 2.78. The average Bonchev–Trinajstić information content (AvgIpc) is 3.03. The van der Waals surface area contributed by atoms with E-state index >= 15 is 0 Å². The average molecular weight is 474 g/mol. The minimum atomic E-state index is -3.66. The molecule has 0 unspecified atom stereocenters. The summed E-state index contributed by atoms with van der Waals surface area (Å²) in [6.07, 6.45) is 1.30. The first kappa shape index (κ1) is 24.6. The molecular formula is C23H28FN5O3S. The zero-order chi connectivity index (χ0) is 24.5. The van der Waals surface area contributed by atoms with Crippen molar-refractivity contribution in [2.45, 2.75) is 18.4 Å². The fraction of sp³-hybridized carbons (Fsp3) is 0.304. The molecule has 0 aliphatic carbocycles. The number of allylic oxidation sites excluding steroid dienone is 1. The van der Waals surface area contributed by atoms with Gasteiger partial charge in [0, 0.05) is 46.0 Å². The lowest BCUT2D eigenvalue weighted by Crippen LogP contribution is -2.22. The van der Waals surface area contributed by atoms with Gasteiger partial charge in [-0.15, -0.1) is 0 Å². The molecule has 0 atom stereocenters. The fourth-order valence-corrected chi connectivity index (χ4v) is 4.55. The van der Waals surface area contributed by atoms with Crippen molar-refractivity contribution in [1.82, 2.24) is 18.8 Å². The molecule has 33 heavy (non-hydrogen) atoms. The molecule has 2 N–H and O–H groups in total. The number of pyridine rings is 1. The Balaban J connectivity index is 2.32. The number of carbonyl (C=O) groups excluding carboxylic acids is 1. The molecule has 0 saturated heterocycles. The summed E-state index contributed by atoms with van der Waals surface area (Å²) in [7, 11) is 2.53. The van der Waals surface area contributed by atoms with Gasteiger partial charge >= 0.3 is 0 Å². The molecule has 2 aromatic heterocycles. The summed E-state index contributed by atoms with van der Waals surface area (Å²) in [5.74, 6) is -0.673. The van der Waals surface area contributed by atoms with Gasteiger partial charge in [0.25, 0.3) is 5.91 Å². The molecule has 3 aromatic rings. The summed E-state index contributed by atoms with van der Waals surface area (Å²) in [6.45, 7) is 1.83. The molecule has 1 amide bonds. The van der Waals surface area contributed by atoms with Crippen molar-refractivity contribution in [3.05, 3.63) is 59.7 Å². The van der Waals surface area contributed by atoms with Crippen molar-refractivity contribution < 1.29 is 17.6 Å². The van der Waals surface area contributed by atoms with E-state index in [0.29, 0.717) is 27.9 Å². The van der Waals surface area contributed by atoms with Crippen LogP contribution in [-0.2, 0) is 16.6 Å². The number of rotatable bonds is 7. The maximum atomic E-state index is 14.4. The number of nitrogens with two attached hydrogens (primary N) is 1. The molecular weight excluding hydrogens is 445 g/mol. The second-order valence-corrected chi connectivity index (χ2v) is 10.2. The summed E-state index contributed by atoms with van der Waals surface area (Å²) < 4.78 is 42.7. The Kier molecular flexibility index (Phi) is 7.01. The van der Waals surface area contributed by atoms with Gasteiger partial charge < -0.3 is 15.2 Å². The van der Waals surface area contributed by atoms with Crippen LogP contribution in [0.3, 0.4) is 0 Å². The highest BCUT2D eigenvalue weighted by atomic mass is 32.2. The van der Waals surface area contributed by atoms with E-state index in [1.807, 2.05) is 6.92 Å². The van der Waals surface area contributed by atoms with E-state index in [0.717, 1.165) is 4.31 Å². The van der Waals surface area contributed by atoms with Crippen LogP contribution in [0.5, 0.6) is 0 Å². The maximum absolute atomic E-state index is 14.4. The topological polar surface area (TPSA) is 102 Å². The van der Waals surface area contributed by atoms with E-state index < -0.39 is 15.9 Å². The van der Waals surface area contributed by atoms with Crippen molar-refractivity contribution in [3.63, 3.8) is 0 Å². The monoisotopic (exact) mass is 473 g/mol. The van der Waals surface area contributed by atoms with E-state index in [4.69, 9.17) is 5.73 Å². The van der Waals surface area contributed by atoms with E-state index in [2.05, 4.69) is 4.98 Å². The van der Waals surface area contributed by atoms with E-state index in [1.165, 1.54) is 31.1 Å². The third-order valence-electron chi connectivity index (χ3n) is 5.34. The van der Waals surface area contributed by atoms with Crippen LogP contribution in [0.2, 0.25) is 0 Å². The summed E-state index contributed by atoms with van der Waals surface area (Å²) in [5.41, 5.74) is 8.72. The maximum Gasteiger partial charge on any atom is 0.271 e. The van der Waals surface area contributed by atoms with Crippen LogP contribution < -0.4 is 5.73 Å². The molecule has 0 bridgehead atoms. The summed E-state index contributed by atoms with van der Waals surface area (Å²) >= 11 is 0. The zero-order valence-electron chi connectivity index (χ0n) is 19.3. The molecule has 0 saturated carbocycles. The van der Waals surface area contributed by atoms with Crippen LogP contribution >= 0.6 is 0 Å². The van der Waals surface area contributed by atoms with Gasteiger partial charge in [0.2, 0.25) is 10.0 Å². The Morgan fingerprint density at radius 1 is 1.18 bits per heavy atom. The quantitative estimate of drug-likeness (QED) is 0.569. The van der Waals surface area contributed by atoms with Crippen LogP contribution in [0.25, 0.3) is 22.2 Å². The Morgan fingerprint density at radius 3 is 2.48 bits per heavy atom. The number of halogens is 1. The third kappa shape index (κ3) is 4.68. The number of amides is 1. The minimum absolute atomic E-state index is 0.0577. The Hall–Kier alpha value is -3.08. The number of carbonyl (C=O) groups is 1. The van der Waals surface area contributed by atoms with Gasteiger partial charge in [-0.25, -0.2) is 22.1 Å². The molecule has 1 aromatic carbocycles. The van der Waals surface area contributed by atoms with Gasteiger partial charge in [0.05, 0.1) is 22.5 Å². The highest BCUT2D eigenvalue weighted by Crippen LogP contribution is 2.35. The highest BCUT2D eigenvalue weighted by Gasteiger charge is 2.23. The van der Waals surface area contributed by atoms with Crippen LogP contribution in [0.4, 0.5) is 4.39 Å². The van der Waals surface area contributed by atoms with Crippen LogP contribution in [-0.4, -0.2) is 67.8 Å². The Bertz CT molecular complexity index is 1340. The summed E-state index contributed by atoms with van der Waals surface area (Å²) in [4.78, 5) is 18.7. The molecule has 8 nitrogen and oxygen atoms in total. The summed E-state index contributed by atoms with van der Waals surface area (Å²) in [5, 5.41) is 0. The van der Waals surface area contributed by atoms with Crippen molar-refractivity contribution >= 4 is 27.0 Å². The lowest BCUT2D eigenvalue weighted by molar-refractivity contribution is 0.0822. The smallest absolute Gasteiger partial charge is 0.271 e. The zero-order valence-corrected chi connectivity index (χ0v) is 20.1. The first-order valence-corrected chi connectivity index (χ1v) is 11.7. The second-order valence-electron chi connectivity index (χ2n) is 8.01. The molecule has 0 fully saturated rings. The summed E-state index contributed by atoms with van der Waals surface area (Å²) in [6, 6.07) is 9.84. The number of hydrogen-bond acceptors (Lipinski definition) is 5. The lowest BCUT2D eigenvalue weighted by atomic mass is 10.0. The van der Waals surface area contributed by atoms with Gasteiger partial charge in [0.1, 0.15) is 11.5 Å². The molecule has 2 heterocycles. The van der Waals surface area contributed by atoms with Crippen molar-refractivity contribution in [3.8, 4) is 11.1 Å². The van der Waals surface area contributed by atoms with E-state index in [9.17, 15) is 17.6 Å². The van der Waals surface area contributed by atoms with Gasteiger partial charge in [-0.2, -0.15) is 0 Å². The number of aromatic nitrogens is 2. The lowest BCUT2D eigenvalue weighted by Gasteiger charge is -2.13. The van der Waals surface area contributed by atoms with Gasteiger partial charge in [-0.1, -0.05) is 12.1 Å². The molecule has 0 spiro atoms. The highest BCUT2D eigenvalue weighted by molar-refractivity contribution is 7.89. The van der Waals surface area contributed by atoms with Gasteiger partial charge in [-0.05, 0) is 42.8 Å². The molecule has 3 rings (SSSR count). The predicted molar refractivity (Wildman–Crippen MR) is 127 cm³/mol. The van der Waals surface area contributed by atoms with Crippen molar-refractivity contribution in [2.75, 3.05) is 34.7 Å². The molecule has 0 aliphatic heterocycles. The van der Waals surface area contributed by atoms with E-state index in [-0.39, 0.29) is 29.6 Å². The number of fused-ring (bicyclic) bond motifs is 1. The molecule has 0 radical (unpaired) electrons. The SMILES string of the molecule is Cc1c(-c2cccc(S(=O)(=O)N(C)C)c2)c2nc(C(=O)N(C)C)ccc2n1CC(F)=CCN. The van der Waals surface area contributed by atoms with Crippen LogP contribution in [0, 0.1) is 6.92 Å². The first-order valence-electron chi connectivity index (χ1n) is 10.3. The number of nitrogens with zero attached hydrogens (tertiary/aromatic N) is 4. The Labute approximate surface area is 193 Å². The van der Waals surface area contributed by atoms with Crippen LogP contribution in [0.1, 0.15) is 16.2 Å². The second kappa shape index (κ2) is 9.42. The minimum Gasteiger partial charge on any atom is -0.343 e. The van der Waals surface area contributed by atoms with Gasteiger partial charge in [0.15, 0.2) is 0 Å². The normalized spacial score (nSPS) is 12.5. The van der Waals surface area contributed by atoms with Crippen molar-refractivity contribution in [2.24, 2.45) is 5.73 Å². The largest absolute Gasteiger partial charge is 0.343 e. The number of sulfonamides is 1. The fourth-order valence-electron chi connectivity index (χ4n) is 3.60. The van der Waals surface area contributed by atoms with Crippen LogP contribution in [0.15, 0.2) is 53.2 Å². The third-order valence-corrected chi connectivity index (χ3v) is 7.15. The van der Waals surface area contributed by atoms with Crippen molar-refractivity contribution in [1.29, 1.82) is 0 Å². The number of benzene rings is 1. The standard InChI is InChI=1S/C23H28FN5O3S/c1-15-21(16-7-6-8-18(13-16)33(31,32)28(4)5)22-20(29(15)14-17(24)11-12-25)10-9-19(26-22)23(30)27(2)3/h6-11,13H,12,14,25H2,1-5H3. The van der Waals surface area contributed by atoms with Gasteiger partial charge in [-0.3, -0.25) is 4.79 Å². The first-order chi connectivity index (χ1) is 15.5. The Morgan fingerprint density at radius 2 is 1.88 bits per heavy atom. The van der Waals surface area contributed by atoms with E-state index in [1.54, 1.807) is 49.0 Å². The molecule has 0 aliphatic rings. The number of hydrogen-bond donors (Lipinski definition) is 1.